The van der Waals surface area contributed by atoms with Gasteiger partial charge in [-0.05, 0) is 43.2 Å². The average Bonchev–Trinajstić information content (AvgIpc) is 2.96. The molecule has 0 saturated heterocycles. The van der Waals surface area contributed by atoms with Gasteiger partial charge in [-0.1, -0.05) is 75.6 Å². The van der Waals surface area contributed by atoms with Crippen molar-refractivity contribution in [1.29, 1.82) is 0 Å². The Morgan fingerprint density at radius 1 is 0.792 bits per heavy atom. The van der Waals surface area contributed by atoms with Gasteiger partial charge in [0.25, 0.3) is 0 Å². The predicted molar refractivity (Wildman–Crippen MR) is 102 cm³/mol. The minimum absolute atomic E-state index is 0.263. The number of fused-ring (bicyclic) bond motifs is 1. The van der Waals surface area contributed by atoms with Crippen molar-refractivity contribution in [3.05, 3.63) is 99.0 Å². The summed E-state index contributed by atoms with van der Waals surface area (Å²) >= 11 is 3.63. The minimum Gasteiger partial charge on any atom is -0.492 e. The van der Waals surface area contributed by atoms with Gasteiger partial charge in [-0.15, -0.1) is 0 Å². The van der Waals surface area contributed by atoms with Crippen LogP contribution in [-0.2, 0) is 5.41 Å². The van der Waals surface area contributed by atoms with Crippen molar-refractivity contribution in [1.82, 2.24) is 0 Å². The van der Waals surface area contributed by atoms with Crippen molar-refractivity contribution in [2.24, 2.45) is 0 Å². The van der Waals surface area contributed by atoms with Gasteiger partial charge >= 0.3 is 0 Å². The average molecular weight is 379 g/mol. The highest BCUT2D eigenvalue weighted by Crippen LogP contribution is 2.48. The Bertz CT molecular complexity index is 833. The Hall–Kier alpha value is -2.06. The topological polar surface area (TPSA) is 9.23 Å². The highest BCUT2D eigenvalue weighted by atomic mass is 79.9. The summed E-state index contributed by atoms with van der Waals surface area (Å²) in [4.78, 5) is 0. The molecule has 1 aliphatic heterocycles. The number of hydrogen-bond donors (Lipinski definition) is 0. The fourth-order valence-corrected chi connectivity index (χ4v) is 3.91. The van der Waals surface area contributed by atoms with Gasteiger partial charge < -0.3 is 4.74 Å². The van der Waals surface area contributed by atoms with Crippen molar-refractivity contribution in [2.75, 3.05) is 6.61 Å². The first-order valence-electron chi connectivity index (χ1n) is 8.17. The second-order valence-electron chi connectivity index (χ2n) is 6.57. The lowest BCUT2D eigenvalue weighted by Crippen LogP contribution is -2.31. The fourth-order valence-electron chi connectivity index (χ4n) is 3.55. The number of aryl methyl sites for hydroxylation is 2. The summed E-state index contributed by atoms with van der Waals surface area (Å²) in [7, 11) is 0. The van der Waals surface area contributed by atoms with Gasteiger partial charge in [0.05, 0.1) is 5.41 Å². The summed E-state index contributed by atoms with van der Waals surface area (Å²) in [5.74, 6) is 0.972. The van der Waals surface area contributed by atoms with Crippen molar-refractivity contribution >= 4 is 15.9 Å². The van der Waals surface area contributed by atoms with E-state index < -0.39 is 0 Å². The third-order valence-electron chi connectivity index (χ3n) is 4.93. The van der Waals surface area contributed by atoms with Gasteiger partial charge in [0.1, 0.15) is 12.4 Å². The third-order valence-corrected chi connectivity index (χ3v) is 5.43. The Morgan fingerprint density at radius 2 is 1.33 bits per heavy atom. The van der Waals surface area contributed by atoms with E-state index in [0.717, 1.165) is 10.2 Å². The van der Waals surface area contributed by atoms with Crippen LogP contribution >= 0.6 is 15.9 Å². The largest absolute Gasteiger partial charge is 0.492 e. The lowest BCUT2D eigenvalue weighted by atomic mass is 9.71. The van der Waals surface area contributed by atoms with Gasteiger partial charge in [0.2, 0.25) is 0 Å². The molecule has 120 valence electrons. The van der Waals surface area contributed by atoms with Crippen LogP contribution in [0.2, 0.25) is 0 Å². The van der Waals surface area contributed by atoms with Crippen LogP contribution in [-0.4, -0.2) is 6.61 Å². The van der Waals surface area contributed by atoms with Gasteiger partial charge in [-0.3, -0.25) is 0 Å². The monoisotopic (exact) mass is 378 g/mol. The van der Waals surface area contributed by atoms with Gasteiger partial charge in [-0.25, -0.2) is 0 Å². The second-order valence-corrected chi connectivity index (χ2v) is 7.48. The predicted octanol–water partition coefficient (Wildman–Crippen LogP) is 5.79. The zero-order valence-corrected chi connectivity index (χ0v) is 15.4. The molecule has 1 aliphatic rings. The Labute approximate surface area is 151 Å². The van der Waals surface area contributed by atoms with Crippen molar-refractivity contribution < 1.29 is 4.74 Å². The Morgan fingerprint density at radius 3 is 1.88 bits per heavy atom. The molecule has 24 heavy (non-hydrogen) atoms. The summed E-state index contributed by atoms with van der Waals surface area (Å²) in [6, 6.07) is 23.9. The number of hydrogen-bond acceptors (Lipinski definition) is 1. The molecule has 1 nitrogen and oxygen atoms in total. The maximum absolute atomic E-state index is 6.12. The molecule has 0 spiro atoms. The number of halogens is 1. The first-order valence-corrected chi connectivity index (χ1v) is 8.96. The highest BCUT2D eigenvalue weighted by molar-refractivity contribution is 9.10. The summed E-state index contributed by atoms with van der Waals surface area (Å²) in [6.45, 7) is 4.88. The number of rotatable bonds is 2. The maximum atomic E-state index is 6.12. The smallest absolute Gasteiger partial charge is 0.124 e. The van der Waals surface area contributed by atoms with Crippen LogP contribution in [0.15, 0.2) is 71.2 Å². The molecular formula is C22H19BrO. The molecule has 2 heteroatoms. The van der Waals surface area contributed by atoms with Crippen LogP contribution in [0.5, 0.6) is 5.75 Å². The third kappa shape index (κ3) is 2.37. The molecule has 1 heterocycles. The van der Waals surface area contributed by atoms with Crippen LogP contribution in [0.3, 0.4) is 0 Å². The van der Waals surface area contributed by atoms with E-state index in [0.29, 0.717) is 6.61 Å². The molecule has 0 N–H and O–H groups in total. The maximum Gasteiger partial charge on any atom is 0.124 e. The summed E-state index contributed by atoms with van der Waals surface area (Å²) < 4.78 is 7.20. The molecule has 0 amide bonds. The van der Waals surface area contributed by atoms with E-state index in [1.165, 1.54) is 27.8 Å². The van der Waals surface area contributed by atoms with Crippen molar-refractivity contribution in [3.63, 3.8) is 0 Å². The first-order chi connectivity index (χ1) is 11.6. The Balaban J connectivity index is 2.00. The second kappa shape index (κ2) is 5.78. The van der Waals surface area contributed by atoms with Crippen LogP contribution in [0.25, 0.3) is 0 Å². The highest BCUT2D eigenvalue weighted by Gasteiger charge is 2.44. The van der Waals surface area contributed by atoms with E-state index in [2.05, 4.69) is 90.4 Å². The Kier molecular flexibility index (Phi) is 3.73. The van der Waals surface area contributed by atoms with E-state index in [1.54, 1.807) is 0 Å². The first kappa shape index (κ1) is 15.5. The SMILES string of the molecule is Cc1ccc(C2(c3ccc(C)cc3)COc3ccc(Br)cc32)cc1. The summed E-state index contributed by atoms with van der Waals surface area (Å²) in [6.07, 6.45) is 0. The van der Waals surface area contributed by atoms with E-state index >= 15 is 0 Å². The summed E-state index contributed by atoms with van der Waals surface area (Å²) in [5.41, 5.74) is 6.05. The zero-order chi connectivity index (χ0) is 16.7. The minimum atomic E-state index is -0.263. The molecule has 0 aliphatic carbocycles. The molecule has 0 radical (unpaired) electrons. The lowest BCUT2D eigenvalue weighted by molar-refractivity contribution is 0.313. The van der Waals surface area contributed by atoms with Crippen LogP contribution in [0.4, 0.5) is 0 Å². The van der Waals surface area contributed by atoms with Crippen molar-refractivity contribution in [2.45, 2.75) is 19.3 Å². The molecule has 0 aromatic heterocycles. The summed E-state index contributed by atoms with van der Waals surface area (Å²) in [5, 5.41) is 0. The quantitative estimate of drug-likeness (QED) is 0.547. The normalized spacial score (nSPS) is 15.0. The molecule has 0 bridgehead atoms. The lowest BCUT2D eigenvalue weighted by Gasteiger charge is -2.30. The molecule has 3 aromatic carbocycles. The van der Waals surface area contributed by atoms with E-state index in [1.807, 2.05) is 6.07 Å². The van der Waals surface area contributed by atoms with Gasteiger partial charge in [0.15, 0.2) is 0 Å². The molecule has 0 saturated carbocycles. The number of benzene rings is 3. The van der Waals surface area contributed by atoms with Gasteiger partial charge in [0, 0.05) is 10.0 Å². The standard InChI is InChI=1S/C22H19BrO/c1-15-3-7-17(8-4-15)22(18-9-5-16(2)6-10-18)14-24-21-12-11-19(23)13-20(21)22/h3-13H,14H2,1-2H3. The zero-order valence-electron chi connectivity index (χ0n) is 13.8. The van der Waals surface area contributed by atoms with E-state index in [4.69, 9.17) is 4.74 Å². The van der Waals surface area contributed by atoms with Gasteiger partial charge in [-0.2, -0.15) is 0 Å². The van der Waals surface area contributed by atoms with Crippen LogP contribution < -0.4 is 4.74 Å². The number of ether oxygens (including phenoxy) is 1. The van der Waals surface area contributed by atoms with Crippen LogP contribution in [0, 0.1) is 13.8 Å². The van der Waals surface area contributed by atoms with Crippen molar-refractivity contribution in [3.8, 4) is 5.75 Å². The van der Waals surface area contributed by atoms with E-state index in [9.17, 15) is 0 Å². The molecule has 0 fully saturated rings. The molecule has 3 aromatic rings. The molecular weight excluding hydrogens is 360 g/mol. The molecule has 0 atom stereocenters. The molecule has 4 rings (SSSR count). The van der Waals surface area contributed by atoms with E-state index in [-0.39, 0.29) is 5.41 Å². The fraction of sp³-hybridized carbons (Fsp3) is 0.182. The molecule has 0 unspecified atom stereocenters. The van der Waals surface area contributed by atoms with Crippen LogP contribution in [0.1, 0.15) is 27.8 Å².